The Hall–Kier alpha value is -1.00. The van der Waals surface area contributed by atoms with Crippen molar-refractivity contribution in [3.63, 3.8) is 0 Å². The predicted molar refractivity (Wildman–Crippen MR) is 73.5 cm³/mol. The van der Waals surface area contributed by atoms with Crippen LogP contribution in [0.2, 0.25) is 18.1 Å². The number of aldehydes is 1. The van der Waals surface area contributed by atoms with Gasteiger partial charge in [0.2, 0.25) is 0 Å². The lowest BCUT2D eigenvalue weighted by molar-refractivity contribution is -0.114. The van der Waals surface area contributed by atoms with Crippen molar-refractivity contribution >= 4 is 14.6 Å². The summed E-state index contributed by atoms with van der Waals surface area (Å²) in [6.45, 7) is 10.5. The molecule has 0 aliphatic heterocycles. The van der Waals surface area contributed by atoms with E-state index in [0.29, 0.717) is 5.56 Å². The average molecular weight is 268 g/mol. The zero-order valence-corrected chi connectivity index (χ0v) is 12.7. The van der Waals surface area contributed by atoms with Gasteiger partial charge in [0.15, 0.2) is 14.6 Å². The zero-order valence-electron chi connectivity index (χ0n) is 11.7. The van der Waals surface area contributed by atoms with Crippen LogP contribution in [-0.2, 0) is 9.22 Å². The Morgan fingerprint density at radius 3 is 2.39 bits per heavy atom. The van der Waals surface area contributed by atoms with Gasteiger partial charge in [-0.25, -0.2) is 4.39 Å². The van der Waals surface area contributed by atoms with Gasteiger partial charge >= 0.3 is 0 Å². The second kappa shape index (κ2) is 5.32. The van der Waals surface area contributed by atoms with Gasteiger partial charge in [-0.3, -0.25) is 0 Å². The van der Waals surface area contributed by atoms with E-state index < -0.39 is 14.4 Å². The van der Waals surface area contributed by atoms with Gasteiger partial charge in [0.25, 0.3) is 0 Å². The summed E-state index contributed by atoms with van der Waals surface area (Å²) in [5.41, 5.74) is 0.579. The number of carbonyl (C=O) groups is 1. The smallest absolute Gasteiger partial charge is 0.193 e. The Bertz CT molecular complexity index is 424. The molecule has 0 amide bonds. The van der Waals surface area contributed by atoms with Crippen molar-refractivity contribution in [1.82, 2.24) is 0 Å². The third kappa shape index (κ3) is 3.49. The molecule has 0 fully saturated rings. The van der Waals surface area contributed by atoms with Gasteiger partial charge in [0.1, 0.15) is 11.9 Å². The van der Waals surface area contributed by atoms with E-state index in [1.165, 1.54) is 12.1 Å². The maximum atomic E-state index is 13.2. The first kappa shape index (κ1) is 15.1. The Kier molecular flexibility index (Phi) is 4.45. The molecule has 4 heteroatoms. The van der Waals surface area contributed by atoms with Crippen LogP contribution in [0.15, 0.2) is 24.3 Å². The summed E-state index contributed by atoms with van der Waals surface area (Å²) >= 11 is 0. The van der Waals surface area contributed by atoms with Crippen molar-refractivity contribution in [3.8, 4) is 0 Å². The number of halogens is 1. The van der Waals surface area contributed by atoms with Gasteiger partial charge in [0, 0.05) is 0 Å². The fourth-order valence-corrected chi connectivity index (χ4v) is 2.53. The molecule has 1 unspecified atom stereocenters. The fourth-order valence-electron chi connectivity index (χ4n) is 1.35. The van der Waals surface area contributed by atoms with E-state index in [1.54, 1.807) is 12.1 Å². The van der Waals surface area contributed by atoms with Gasteiger partial charge in [-0.2, -0.15) is 0 Å². The molecule has 100 valence electrons. The standard InChI is InChI=1S/C14H21FO2Si/c1-14(2,3)18(4,5)17-13(10-16)11-7-6-8-12(15)9-11/h6-10,13H,1-5H3. The SMILES string of the molecule is CC(C)(C)[Si](C)(C)OC(C=O)c1cccc(F)c1. The fraction of sp³-hybridized carbons (Fsp3) is 0.500. The second-order valence-electron chi connectivity index (χ2n) is 5.99. The normalized spacial score (nSPS) is 14.3. The molecule has 0 heterocycles. The number of hydrogen-bond donors (Lipinski definition) is 0. The minimum absolute atomic E-state index is 0.0155. The minimum atomic E-state index is -2.04. The van der Waals surface area contributed by atoms with Crippen LogP contribution in [0.1, 0.15) is 32.4 Å². The molecule has 0 radical (unpaired) electrons. The number of benzene rings is 1. The van der Waals surface area contributed by atoms with E-state index in [4.69, 9.17) is 4.43 Å². The lowest BCUT2D eigenvalue weighted by Gasteiger charge is -2.38. The van der Waals surface area contributed by atoms with Crippen LogP contribution in [0.4, 0.5) is 4.39 Å². The monoisotopic (exact) mass is 268 g/mol. The lowest BCUT2D eigenvalue weighted by atomic mass is 10.1. The molecule has 0 saturated heterocycles. The lowest BCUT2D eigenvalue weighted by Crippen LogP contribution is -2.42. The van der Waals surface area contributed by atoms with Crippen LogP contribution in [0.25, 0.3) is 0 Å². The highest BCUT2D eigenvalue weighted by Crippen LogP contribution is 2.39. The van der Waals surface area contributed by atoms with E-state index in [2.05, 4.69) is 33.9 Å². The highest BCUT2D eigenvalue weighted by atomic mass is 28.4. The van der Waals surface area contributed by atoms with Gasteiger partial charge in [0.05, 0.1) is 0 Å². The van der Waals surface area contributed by atoms with Gasteiger partial charge in [-0.15, -0.1) is 0 Å². The third-order valence-electron chi connectivity index (χ3n) is 3.53. The van der Waals surface area contributed by atoms with Crippen molar-refractivity contribution < 1.29 is 13.6 Å². The van der Waals surface area contributed by atoms with E-state index in [9.17, 15) is 9.18 Å². The van der Waals surface area contributed by atoms with Crippen molar-refractivity contribution in [3.05, 3.63) is 35.6 Å². The van der Waals surface area contributed by atoms with Crippen LogP contribution >= 0.6 is 0 Å². The third-order valence-corrected chi connectivity index (χ3v) is 7.98. The van der Waals surface area contributed by atoms with Crippen LogP contribution < -0.4 is 0 Å². The van der Waals surface area contributed by atoms with E-state index in [0.717, 1.165) is 6.29 Å². The summed E-state index contributed by atoms with van der Waals surface area (Å²) < 4.78 is 19.2. The number of rotatable bonds is 4. The summed E-state index contributed by atoms with van der Waals surface area (Å²) in [4.78, 5) is 11.2. The van der Waals surface area contributed by atoms with Crippen molar-refractivity contribution in [1.29, 1.82) is 0 Å². The molecule has 18 heavy (non-hydrogen) atoms. The summed E-state index contributed by atoms with van der Waals surface area (Å²) in [5.74, 6) is -0.349. The highest BCUT2D eigenvalue weighted by Gasteiger charge is 2.39. The molecule has 0 saturated carbocycles. The number of hydrogen-bond acceptors (Lipinski definition) is 2. The van der Waals surface area contributed by atoms with Crippen LogP contribution in [-0.4, -0.2) is 14.6 Å². The first-order chi connectivity index (χ1) is 8.17. The van der Waals surface area contributed by atoms with Gasteiger partial charge < -0.3 is 9.22 Å². The molecule has 1 atom stereocenters. The molecule has 0 spiro atoms. The van der Waals surface area contributed by atoms with E-state index in [1.807, 2.05) is 0 Å². The van der Waals surface area contributed by atoms with E-state index >= 15 is 0 Å². The van der Waals surface area contributed by atoms with Crippen LogP contribution in [0.3, 0.4) is 0 Å². The van der Waals surface area contributed by atoms with Gasteiger partial charge in [-0.05, 0) is 35.8 Å². The second-order valence-corrected chi connectivity index (χ2v) is 10.7. The molecule has 1 aromatic rings. The average Bonchev–Trinajstić information content (AvgIpc) is 2.24. The predicted octanol–water partition coefficient (Wildman–Crippen LogP) is 4.09. The minimum Gasteiger partial charge on any atom is -0.403 e. The molecule has 0 aliphatic carbocycles. The Balaban J connectivity index is 2.96. The summed E-state index contributed by atoms with van der Waals surface area (Å²) in [6.07, 6.45) is 0.0662. The summed E-state index contributed by atoms with van der Waals surface area (Å²) in [5, 5.41) is 0.0155. The number of carbonyl (C=O) groups excluding carboxylic acids is 1. The molecule has 0 aromatic heterocycles. The molecule has 0 aliphatic rings. The molecule has 0 bridgehead atoms. The Morgan fingerprint density at radius 1 is 1.33 bits per heavy atom. The quantitative estimate of drug-likeness (QED) is 0.607. The Morgan fingerprint density at radius 2 is 1.94 bits per heavy atom. The highest BCUT2D eigenvalue weighted by molar-refractivity contribution is 6.74. The van der Waals surface area contributed by atoms with Crippen molar-refractivity contribution in [2.75, 3.05) is 0 Å². The maximum Gasteiger partial charge on any atom is 0.193 e. The van der Waals surface area contributed by atoms with Crippen molar-refractivity contribution in [2.45, 2.75) is 45.0 Å². The first-order valence-electron chi connectivity index (χ1n) is 6.06. The maximum absolute atomic E-state index is 13.2. The molecular weight excluding hydrogens is 247 g/mol. The molecule has 1 rings (SSSR count). The van der Waals surface area contributed by atoms with Crippen LogP contribution in [0, 0.1) is 5.82 Å². The van der Waals surface area contributed by atoms with Crippen molar-refractivity contribution in [2.24, 2.45) is 0 Å². The molecule has 1 aromatic carbocycles. The topological polar surface area (TPSA) is 26.3 Å². The Labute approximate surface area is 109 Å². The summed E-state index contributed by atoms with van der Waals surface area (Å²) in [7, 11) is -2.04. The molecular formula is C14H21FO2Si. The molecule has 0 N–H and O–H groups in total. The largest absolute Gasteiger partial charge is 0.403 e. The van der Waals surface area contributed by atoms with E-state index in [-0.39, 0.29) is 10.9 Å². The van der Waals surface area contributed by atoms with Crippen LogP contribution in [0.5, 0.6) is 0 Å². The first-order valence-corrected chi connectivity index (χ1v) is 8.97. The van der Waals surface area contributed by atoms with Gasteiger partial charge in [-0.1, -0.05) is 32.9 Å². The summed E-state index contributed by atoms with van der Waals surface area (Å²) in [6, 6.07) is 6.02. The zero-order chi connectivity index (χ0) is 14.0. The molecule has 2 nitrogen and oxygen atoms in total.